The Hall–Kier alpha value is -1.48. The van der Waals surface area contributed by atoms with Crippen LogP contribution in [0.3, 0.4) is 0 Å². The first-order valence-corrected chi connectivity index (χ1v) is 6.63. The minimum absolute atomic E-state index is 0.198. The Morgan fingerprint density at radius 2 is 1.61 bits per heavy atom. The van der Waals surface area contributed by atoms with Gasteiger partial charge in [0.2, 0.25) is 0 Å². The summed E-state index contributed by atoms with van der Waals surface area (Å²) in [5.74, 6) is 0.661. The SMILES string of the molecule is COc1ccc(C(C)Sc2ccc(F)cc2)cc1. The average molecular weight is 262 g/mol. The van der Waals surface area contributed by atoms with Crippen LogP contribution in [0, 0.1) is 5.82 Å². The highest BCUT2D eigenvalue weighted by Crippen LogP contribution is 2.35. The van der Waals surface area contributed by atoms with Gasteiger partial charge in [0, 0.05) is 10.1 Å². The zero-order chi connectivity index (χ0) is 13.0. The highest BCUT2D eigenvalue weighted by molar-refractivity contribution is 7.99. The number of hydrogen-bond donors (Lipinski definition) is 0. The fourth-order valence-corrected chi connectivity index (χ4v) is 2.65. The van der Waals surface area contributed by atoms with Crippen molar-refractivity contribution in [1.82, 2.24) is 0 Å². The van der Waals surface area contributed by atoms with Gasteiger partial charge in [0.25, 0.3) is 0 Å². The Morgan fingerprint density at radius 1 is 1.00 bits per heavy atom. The van der Waals surface area contributed by atoms with E-state index in [0.717, 1.165) is 10.6 Å². The van der Waals surface area contributed by atoms with E-state index in [0.29, 0.717) is 5.25 Å². The molecule has 1 nitrogen and oxygen atoms in total. The van der Waals surface area contributed by atoms with Crippen molar-refractivity contribution in [3.63, 3.8) is 0 Å². The summed E-state index contributed by atoms with van der Waals surface area (Å²) < 4.78 is 17.9. The molecule has 2 aromatic carbocycles. The van der Waals surface area contributed by atoms with Gasteiger partial charge in [0.15, 0.2) is 0 Å². The molecule has 0 aliphatic heterocycles. The van der Waals surface area contributed by atoms with Crippen LogP contribution in [0.15, 0.2) is 53.4 Å². The van der Waals surface area contributed by atoms with E-state index < -0.39 is 0 Å². The van der Waals surface area contributed by atoms with Crippen molar-refractivity contribution in [2.45, 2.75) is 17.1 Å². The van der Waals surface area contributed by atoms with Gasteiger partial charge in [0.05, 0.1) is 7.11 Å². The third-order valence-corrected chi connectivity index (χ3v) is 3.88. The van der Waals surface area contributed by atoms with Crippen molar-refractivity contribution in [2.75, 3.05) is 7.11 Å². The van der Waals surface area contributed by atoms with Gasteiger partial charge in [-0.25, -0.2) is 4.39 Å². The van der Waals surface area contributed by atoms with E-state index in [1.165, 1.54) is 17.7 Å². The highest BCUT2D eigenvalue weighted by atomic mass is 32.2. The summed E-state index contributed by atoms with van der Waals surface area (Å²) in [7, 11) is 1.66. The molecule has 0 saturated heterocycles. The molecule has 18 heavy (non-hydrogen) atoms. The zero-order valence-corrected chi connectivity index (χ0v) is 11.2. The summed E-state index contributed by atoms with van der Waals surface area (Å²) in [6.45, 7) is 2.13. The summed E-state index contributed by atoms with van der Waals surface area (Å²) >= 11 is 1.71. The van der Waals surface area contributed by atoms with Crippen LogP contribution in [0.4, 0.5) is 4.39 Å². The summed E-state index contributed by atoms with van der Waals surface area (Å²) in [4.78, 5) is 1.07. The van der Waals surface area contributed by atoms with Crippen molar-refractivity contribution >= 4 is 11.8 Å². The van der Waals surface area contributed by atoms with Crippen LogP contribution >= 0.6 is 11.8 Å². The maximum atomic E-state index is 12.8. The van der Waals surface area contributed by atoms with E-state index in [9.17, 15) is 4.39 Å². The Balaban J connectivity index is 2.06. The van der Waals surface area contributed by atoms with Gasteiger partial charge in [-0.3, -0.25) is 0 Å². The molecule has 1 unspecified atom stereocenters. The molecular formula is C15H15FOS. The molecule has 1 atom stereocenters. The number of ether oxygens (including phenoxy) is 1. The van der Waals surface area contributed by atoms with Crippen LogP contribution in [0.25, 0.3) is 0 Å². The van der Waals surface area contributed by atoms with Crippen LogP contribution in [-0.2, 0) is 0 Å². The number of halogens is 1. The normalized spacial score (nSPS) is 12.2. The first-order valence-electron chi connectivity index (χ1n) is 5.75. The summed E-state index contributed by atoms with van der Waals surface area (Å²) in [5, 5.41) is 0.321. The third kappa shape index (κ3) is 3.26. The van der Waals surface area contributed by atoms with E-state index >= 15 is 0 Å². The smallest absolute Gasteiger partial charge is 0.123 e. The lowest BCUT2D eigenvalue weighted by atomic mass is 10.2. The molecule has 0 spiro atoms. The molecule has 94 valence electrons. The van der Waals surface area contributed by atoms with E-state index in [-0.39, 0.29) is 5.82 Å². The molecule has 0 aromatic heterocycles. The van der Waals surface area contributed by atoms with Gasteiger partial charge in [-0.1, -0.05) is 12.1 Å². The average Bonchev–Trinajstić information content (AvgIpc) is 2.41. The zero-order valence-electron chi connectivity index (χ0n) is 10.4. The molecule has 2 aromatic rings. The molecule has 0 bridgehead atoms. The standard InChI is InChI=1S/C15H15FOS/c1-11(12-3-7-14(17-2)8-4-12)18-15-9-5-13(16)6-10-15/h3-11H,1-2H3. The maximum absolute atomic E-state index is 12.8. The molecular weight excluding hydrogens is 247 g/mol. The summed E-state index contributed by atoms with van der Waals surface area (Å²) in [5.41, 5.74) is 1.23. The quantitative estimate of drug-likeness (QED) is 0.739. The Bertz CT molecular complexity index is 493. The van der Waals surface area contributed by atoms with Crippen molar-refractivity contribution in [3.8, 4) is 5.75 Å². The second-order valence-electron chi connectivity index (χ2n) is 3.99. The summed E-state index contributed by atoms with van der Waals surface area (Å²) in [6, 6.07) is 14.6. The van der Waals surface area contributed by atoms with Crippen LogP contribution < -0.4 is 4.74 Å². The van der Waals surface area contributed by atoms with Gasteiger partial charge in [-0.15, -0.1) is 11.8 Å². The van der Waals surface area contributed by atoms with E-state index in [4.69, 9.17) is 4.74 Å². The fraction of sp³-hybridized carbons (Fsp3) is 0.200. The van der Waals surface area contributed by atoms with E-state index in [1.807, 2.05) is 12.1 Å². The molecule has 0 aliphatic rings. The molecule has 0 fully saturated rings. The highest BCUT2D eigenvalue weighted by Gasteiger charge is 2.07. The topological polar surface area (TPSA) is 9.23 Å². The first-order chi connectivity index (χ1) is 8.69. The number of methoxy groups -OCH3 is 1. The number of thioether (sulfide) groups is 1. The molecule has 0 amide bonds. The minimum atomic E-state index is -0.198. The molecule has 0 N–H and O–H groups in total. The van der Waals surface area contributed by atoms with Gasteiger partial charge < -0.3 is 4.74 Å². The van der Waals surface area contributed by atoms with Gasteiger partial charge in [-0.05, 0) is 48.9 Å². The molecule has 3 heteroatoms. The van der Waals surface area contributed by atoms with Crippen LogP contribution in [0.5, 0.6) is 5.75 Å². The number of rotatable bonds is 4. The Morgan fingerprint density at radius 3 is 2.17 bits per heavy atom. The lowest BCUT2D eigenvalue weighted by Crippen LogP contribution is -1.89. The molecule has 0 radical (unpaired) electrons. The monoisotopic (exact) mass is 262 g/mol. The van der Waals surface area contributed by atoms with E-state index in [2.05, 4.69) is 19.1 Å². The molecule has 2 rings (SSSR count). The fourth-order valence-electron chi connectivity index (χ4n) is 1.66. The van der Waals surface area contributed by atoms with Crippen LogP contribution in [0.2, 0.25) is 0 Å². The predicted octanol–water partition coefficient (Wildman–Crippen LogP) is 4.69. The Labute approximate surface area is 111 Å². The predicted molar refractivity (Wildman–Crippen MR) is 73.7 cm³/mol. The number of hydrogen-bond acceptors (Lipinski definition) is 2. The maximum Gasteiger partial charge on any atom is 0.123 e. The van der Waals surface area contributed by atoms with Crippen molar-refractivity contribution < 1.29 is 9.13 Å². The van der Waals surface area contributed by atoms with Crippen LogP contribution in [-0.4, -0.2) is 7.11 Å². The second kappa shape index (κ2) is 5.91. The summed E-state index contributed by atoms with van der Waals surface area (Å²) in [6.07, 6.45) is 0. The first kappa shape index (κ1) is 13.0. The molecule has 0 heterocycles. The lowest BCUT2D eigenvalue weighted by molar-refractivity contribution is 0.414. The van der Waals surface area contributed by atoms with Gasteiger partial charge in [-0.2, -0.15) is 0 Å². The van der Waals surface area contributed by atoms with E-state index in [1.54, 1.807) is 31.0 Å². The third-order valence-electron chi connectivity index (χ3n) is 2.71. The number of benzene rings is 2. The molecule has 0 saturated carbocycles. The van der Waals surface area contributed by atoms with Gasteiger partial charge >= 0.3 is 0 Å². The van der Waals surface area contributed by atoms with Gasteiger partial charge in [0.1, 0.15) is 11.6 Å². The lowest BCUT2D eigenvalue weighted by Gasteiger charge is -2.12. The van der Waals surface area contributed by atoms with Crippen molar-refractivity contribution in [1.29, 1.82) is 0 Å². The van der Waals surface area contributed by atoms with Crippen molar-refractivity contribution in [3.05, 3.63) is 59.9 Å². The Kier molecular flexibility index (Phi) is 4.26. The largest absolute Gasteiger partial charge is 0.497 e. The van der Waals surface area contributed by atoms with Crippen LogP contribution in [0.1, 0.15) is 17.7 Å². The second-order valence-corrected chi connectivity index (χ2v) is 5.40. The molecule has 0 aliphatic carbocycles. The van der Waals surface area contributed by atoms with Crippen molar-refractivity contribution in [2.24, 2.45) is 0 Å². The minimum Gasteiger partial charge on any atom is -0.497 e.